The fourth-order valence-electron chi connectivity index (χ4n) is 4.41. The largest absolute Gasteiger partial charge is 0.493 e. The topological polar surface area (TPSA) is 105 Å². The van der Waals surface area contributed by atoms with Crippen LogP contribution in [0, 0.1) is 5.82 Å². The van der Waals surface area contributed by atoms with E-state index in [9.17, 15) is 22.4 Å². The number of amides is 2. The van der Waals surface area contributed by atoms with Gasteiger partial charge in [0.05, 0.1) is 24.8 Å². The zero-order chi connectivity index (χ0) is 31.7. The molecule has 3 rings (SSSR count). The molecule has 0 heterocycles. The average Bonchev–Trinajstić information content (AvgIpc) is 3.00. The van der Waals surface area contributed by atoms with Gasteiger partial charge in [-0.2, -0.15) is 0 Å². The van der Waals surface area contributed by atoms with E-state index >= 15 is 0 Å². The van der Waals surface area contributed by atoms with Crippen LogP contribution in [0.25, 0.3) is 0 Å². The Balaban J connectivity index is 2.10. The maximum Gasteiger partial charge on any atom is 0.264 e. The second-order valence-electron chi connectivity index (χ2n) is 9.86. The fourth-order valence-corrected chi connectivity index (χ4v) is 6.04. The minimum Gasteiger partial charge on any atom is -0.493 e. The van der Waals surface area contributed by atoms with E-state index < -0.39 is 34.3 Å². The average molecular weight is 634 g/mol. The van der Waals surface area contributed by atoms with Gasteiger partial charge < -0.3 is 19.7 Å². The van der Waals surface area contributed by atoms with Gasteiger partial charge >= 0.3 is 0 Å². The number of nitrogens with zero attached hydrogens (tertiary/aromatic N) is 2. The minimum absolute atomic E-state index is 0.0431. The van der Waals surface area contributed by atoms with Crippen molar-refractivity contribution in [1.29, 1.82) is 0 Å². The Labute approximate surface area is 257 Å². The molecule has 0 aliphatic rings. The summed E-state index contributed by atoms with van der Waals surface area (Å²) in [5.74, 6) is -1.11. The molecule has 0 saturated heterocycles. The molecule has 2 amide bonds. The summed E-state index contributed by atoms with van der Waals surface area (Å²) in [5, 5.41) is 3.32. The van der Waals surface area contributed by atoms with E-state index in [1.165, 1.54) is 49.5 Å². The van der Waals surface area contributed by atoms with Crippen LogP contribution >= 0.6 is 11.6 Å². The van der Waals surface area contributed by atoms with Gasteiger partial charge in [-0.25, -0.2) is 12.8 Å². The van der Waals surface area contributed by atoms with Gasteiger partial charge in [-0.1, -0.05) is 43.6 Å². The maximum absolute atomic E-state index is 14.1. The number of anilines is 1. The van der Waals surface area contributed by atoms with Gasteiger partial charge in [-0.15, -0.1) is 0 Å². The van der Waals surface area contributed by atoms with Crippen molar-refractivity contribution < 1.29 is 31.9 Å². The van der Waals surface area contributed by atoms with Crippen molar-refractivity contribution in [3.8, 4) is 11.5 Å². The number of rotatable bonds is 14. The van der Waals surface area contributed by atoms with Crippen molar-refractivity contribution in [3.63, 3.8) is 0 Å². The molecule has 0 saturated carbocycles. The maximum atomic E-state index is 14.1. The number of carbonyl (C=O) groups excluding carboxylic acids is 2. The van der Waals surface area contributed by atoms with E-state index in [0.717, 1.165) is 16.4 Å². The summed E-state index contributed by atoms with van der Waals surface area (Å²) in [6.07, 6.45) is 0.944. The molecule has 3 aromatic rings. The first kappa shape index (κ1) is 33.7. The fraction of sp³-hybridized carbons (Fsp3) is 0.355. The molecule has 43 heavy (non-hydrogen) atoms. The highest BCUT2D eigenvalue weighted by atomic mass is 35.5. The lowest BCUT2D eigenvalue weighted by Gasteiger charge is -2.34. The summed E-state index contributed by atoms with van der Waals surface area (Å²) in [5.41, 5.74) is 0.641. The standard InChI is InChI=1S/C31H37ClFN3O6S/c1-6-21(3)34-31(38)27(7-2)35(19-22-10-8-9-11-26(22)32)30(37)20-36(24-14-12-23(33)13-15-24)43(39,40)25-16-17-28(41-4)29(18-25)42-5/h8-18,21,27H,6-7,19-20H2,1-5H3,(H,34,38)/t21-,27+/m0/s1. The molecule has 0 aromatic heterocycles. The van der Waals surface area contributed by atoms with Crippen LogP contribution in [-0.4, -0.2) is 58.0 Å². The van der Waals surface area contributed by atoms with Crippen molar-refractivity contribution in [2.75, 3.05) is 25.1 Å². The molecule has 1 N–H and O–H groups in total. The molecule has 0 bridgehead atoms. The smallest absolute Gasteiger partial charge is 0.264 e. The molecule has 232 valence electrons. The zero-order valence-corrected chi connectivity index (χ0v) is 26.4. The van der Waals surface area contributed by atoms with Gasteiger partial charge in [0.2, 0.25) is 11.8 Å². The Morgan fingerprint density at radius 1 is 0.953 bits per heavy atom. The number of nitrogens with one attached hydrogen (secondary N) is 1. The van der Waals surface area contributed by atoms with Gasteiger partial charge in [0, 0.05) is 23.7 Å². The highest BCUT2D eigenvalue weighted by molar-refractivity contribution is 7.92. The van der Waals surface area contributed by atoms with Crippen LogP contribution in [0.3, 0.4) is 0 Å². The molecule has 0 radical (unpaired) electrons. The highest BCUT2D eigenvalue weighted by Crippen LogP contribution is 2.32. The summed E-state index contributed by atoms with van der Waals surface area (Å²) in [7, 11) is -1.61. The lowest BCUT2D eigenvalue weighted by atomic mass is 10.1. The normalized spacial score (nSPS) is 12.6. The van der Waals surface area contributed by atoms with Crippen molar-refractivity contribution >= 4 is 39.1 Å². The SMILES string of the molecule is CC[C@H](C(=O)N[C@@H](C)CC)N(Cc1ccccc1Cl)C(=O)CN(c1ccc(F)cc1)S(=O)(=O)c1ccc(OC)c(OC)c1. The predicted molar refractivity (Wildman–Crippen MR) is 164 cm³/mol. The molecule has 0 aliphatic heterocycles. The van der Waals surface area contributed by atoms with Crippen molar-refractivity contribution in [2.45, 2.75) is 57.1 Å². The third kappa shape index (κ3) is 8.17. The number of methoxy groups -OCH3 is 2. The van der Waals surface area contributed by atoms with Crippen LogP contribution in [-0.2, 0) is 26.2 Å². The zero-order valence-electron chi connectivity index (χ0n) is 24.8. The van der Waals surface area contributed by atoms with E-state index in [4.69, 9.17) is 21.1 Å². The molecule has 3 aromatic carbocycles. The molecular formula is C31H37ClFN3O6S. The summed E-state index contributed by atoms with van der Waals surface area (Å²) in [6, 6.07) is 14.7. The summed E-state index contributed by atoms with van der Waals surface area (Å²) in [4.78, 5) is 28.7. The van der Waals surface area contributed by atoms with Gasteiger partial charge in [0.25, 0.3) is 10.0 Å². The van der Waals surface area contributed by atoms with E-state index in [-0.39, 0.29) is 41.2 Å². The summed E-state index contributed by atoms with van der Waals surface area (Å²) >= 11 is 6.43. The van der Waals surface area contributed by atoms with Crippen LogP contribution < -0.4 is 19.1 Å². The molecule has 12 heteroatoms. The number of ether oxygens (including phenoxy) is 2. The first-order valence-electron chi connectivity index (χ1n) is 13.8. The number of halogens is 2. The number of benzene rings is 3. The second kappa shape index (κ2) is 15.1. The summed E-state index contributed by atoms with van der Waals surface area (Å²) in [6.45, 7) is 4.83. The first-order valence-corrected chi connectivity index (χ1v) is 15.6. The van der Waals surface area contributed by atoms with Gasteiger partial charge in [-0.3, -0.25) is 13.9 Å². The quantitative estimate of drug-likeness (QED) is 0.254. The van der Waals surface area contributed by atoms with Crippen LogP contribution in [0.2, 0.25) is 5.02 Å². The van der Waals surface area contributed by atoms with E-state index in [1.807, 2.05) is 13.8 Å². The minimum atomic E-state index is -4.41. The number of carbonyl (C=O) groups is 2. The van der Waals surface area contributed by atoms with Crippen LogP contribution in [0.1, 0.15) is 39.2 Å². The van der Waals surface area contributed by atoms with Gasteiger partial charge in [0.1, 0.15) is 18.4 Å². The lowest BCUT2D eigenvalue weighted by molar-refractivity contribution is -0.140. The Bertz CT molecular complexity index is 1520. The van der Waals surface area contributed by atoms with Crippen LogP contribution in [0.4, 0.5) is 10.1 Å². The molecule has 2 atom stereocenters. The van der Waals surface area contributed by atoms with Crippen molar-refractivity contribution in [2.24, 2.45) is 0 Å². The van der Waals surface area contributed by atoms with Gasteiger partial charge in [0.15, 0.2) is 11.5 Å². The predicted octanol–water partition coefficient (Wildman–Crippen LogP) is 5.41. The Hall–Kier alpha value is -3.83. The second-order valence-corrected chi connectivity index (χ2v) is 12.1. The monoisotopic (exact) mass is 633 g/mol. The third-order valence-corrected chi connectivity index (χ3v) is 9.16. The van der Waals surface area contributed by atoms with E-state index in [0.29, 0.717) is 22.8 Å². The Kier molecular flexibility index (Phi) is 11.8. The molecule has 9 nitrogen and oxygen atoms in total. The number of hydrogen-bond acceptors (Lipinski definition) is 6. The Morgan fingerprint density at radius 3 is 2.19 bits per heavy atom. The van der Waals surface area contributed by atoms with Crippen LogP contribution in [0.15, 0.2) is 71.6 Å². The highest BCUT2D eigenvalue weighted by Gasteiger charge is 2.34. The van der Waals surface area contributed by atoms with E-state index in [2.05, 4.69) is 5.32 Å². The number of sulfonamides is 1. The van der Waals surface area contributed by atoms with Crippen LogP contribution in [0.5, 0.6) is 11.5 Å². The van der Waals surface area contributed by atoms with Crippen molar-refractivity contribution in [3.05, 3.63) is 83.1 Å². The molecule has 0 fully saturated rings. The van der Waals surface area contributed by atoms with E-state index in [1.54, 1.807) is 31.2 Å². The number of hydrogen-bond donors (Lipinski definition) is 1. The lowest BCUT2D eigenvalue weighted by Crippen LogP contribution is -2.53. The van der Waals surface area contributed by atoms with Crippen molar-refractivity contribution in [1.82, 2.24) is 10.2 Å². The molecule has 0 unspecified atom stereocenters. The molecule has 0 spiro atoms. The first-order chi connectivity index (χ1) is 20.5. The Morgan fingerprint density at radius 2 is 1.60 bits per heavy atom. The van der Waals surface area contributed by atoms with Gasteiger partial charge in [-0.05, 0) is 67.8 Å². The third-order valence-electron chi connectivity index (χ3n) is 7.02. The summed E-state index contributed by atoms with van der Waals surface area (Å²) < 4.78 is 53.4. The molecule has 0 aliphatic carbocycles. The molecular weight excluding hydrogens is 597 g/mol.